The maximum Gasteiger partial charge on any atom is 0.283 e. The van der Waals surface area contributed by atoms with Gasteiger partial charge < -0.3 is 10.6 Å². The zero-order valence-electron chi connectivity index (χ0n) is 17.6. The fraction of sp³-hybridized carbons (Fsp3) is 0.0800. The van der Waals surface area contributed by atoms with Crippen LogP contribution in [0.3, 0.4) is 0 Å². The second-order valence-electron chi connectivity index (χ2n) is 7.46. The Labute approximate surface area is 211 Å². The fourth-order valence-corrected chi connectivity index (χ4v) is 4.16. The highest BCUT2D eigenvalue weighted by molar-refractivity contribution is 6.53. The van der Waals surface area contributed by atoms with Crippen molar-refractivity contribution in [1.29, 1.82) is 0 Å². The van der Waals surface area contributed by atoms with Crippen LogP contribution in [-0.4, -0.2) is 24.3 Å². The molecule has 1 aliphatic rings. The molecule has 34 heavy (non-hydrogen) atoms. The lowest BCUT2D eigenvalue weighted by Gasteiger charge is -2.16. The van der Waals surface area contributed by atoms with Crippen LogP contribution in [0.4, 0.5) is 11.4 Å². The van der Waals surface area contributed by atoms with E-state index in [0.717, 1.165) is 16.9 Å². The van der Waals surface area contributed by atoms with Gasteiger partial charge in [0.25, 0.3) is 17.7 Å². The number of imide groups is 1. The number of hydrogen-bond donors (Lipinski definition) is 2. The molecule has 1 aliphatic heterocycles. The van der Waals surface area contributed by atoms with E-state index in [1.54, 1.807) is 24.3 Å². The van der Waals surface area contributed by atoms with Gasteiger partial charge in [-0.3, -0.25) is 14.4 Å². The van der Waals surface area contributed by atoms with E-state index in [4.69, 9.17) is 34.8 Å². The molecule has 0 aliphatic carbocycles. The molecule has 0 bridgehead atoms. The maximum atomic E-state index is 12.9. The number of anilines is 2. The normalized spacial score (nSPS) is 13.4. The van der Waals surface area contributed by atoms with Crippen molar-refractivity contribution in [3.8, 4) is 0 Å². The standard InChI is InChI=1S/C25H18Cl3N3O3/c26-17-12-18(27)14-20(13-17)31-24(33)21(28)22(25(31)34)30-19-8-6-16(7-9-19)23(32)29-11-10-15-4-2-1-3-5-15/h1-9,12-14,30H,10-11H2,(H,29,32). The molecule has 3 aromatic carbocycles. The molecule has 2 N–H and O–H groups in total. The molecule has 0 saturated heterocycles. The number of rotatable bonds is 7. The van der Waals surface area contributed by atoms with Gasteiger partial charge in [0.1, 0.15) is 10.7 Å². The Morgan fingerprint density at radius 3 is 2.12 bits per heavy atom. The molecular formula is C25H18Cl3N3O3. The minimum atomic E-state index is -0.693. The number of benzene rings is 3. The van der Waals surface area contributed by atoms with E-state index in [1.807, 2.05) is 30.3 Å². The number of halogens is 3. The third-order valence-electron chi connectivity index (χ3n) is 5.09. The molecule has 0 unspecified atom stereocenters. The number of hydrogen-bond acceptors (Lipinski definition) is 4. The summed E-state index contributed by atoms with van der Waals surface area (Å²) < 4.78 is 0. The summed E-state index contributed by atoms with van der Waals surface area (Å²) in [7, 11) is 0. The smallest absolute Gasteiger partial charge is 0.283 e. The third kappa shape index (κ3) is 5.25. The van der Waals surface area contributed by atoms with E-state index in [-0.39, 0.29) is 32.4 Å². The molecule has 0 atom stereocenters. The van der Waals surface area contributed by atoms with E-state index in [2.05, 4.69) is 10.6 Å². The van der Waals surface area contributed by atoms with E-state index in [0.29, 0.717) is 17.8 Å². The van der Waals surface area contributed by atoms with Crippen molar-refractivity contribution in [1.82, 2.24) is 5.32 Å². The van der Waals surface area contributed by atoms with Crippen molar-refractivity contribution < 1.29 is 14.4 Å². The van der Waals surface area contributed by atoms with E-state index >= 15 is 0 Å². The summed E-state index contributed by atoms with van der Waals surface area (Å²) in [5, 5.41) is 6.04. The summed E-state index contributed by atoms with van der Waals surface area (Å²) in [5.74, 6) is -1.55. The highest BCUT2D eigenvalue weighted by Gasteiger charge is 2.39. The van der Waals surface area contributed by atoms with Gasteiger partial charge in [-0.1, -0.05) is 65.1 Å². The van der Waals surface area contributed by atoms with Crippen LogP contribution in [0, 0.1) is 0 Å². The molecule has 0 saturated carbocycles. The van der Waals surface area contributed by atoms with Crippen molar-refractivity contribution >= 4 is 63.9 Å². The van der Waals surface area contributed by atoms with Gasteiger partial charge in [0, 0.05) is 27.8 Å². The average Bonchev–Trinajstić information content (AvgIpc) is 3.02. The first-order valence-electron chi connectivity index (χ1n) is 10.3. The van der Waals surface area contributed by atoms with Crippen LogP contribution in [0.5, 0.6) is 0 Å². The second-order valence-corrected chi connectivity index (χ2v) is 8.71. The predicted molar refractivity (Wildman–Crippen MR) is 134 cm³/mol. The van der Waals surface area contributed by atoms with Gasteiger partial charge in [-0.05, 0) is 54.4 Å². The summed E-state index contributed by atoms with van der Waals surface area (Å²) >= 11 is 18.2. The lowest BCUT2D eigenvalue weighted by molar-refractivity contribution is -0.120. The van der Waals surface area contributed by atoms with Crippen LogP contribution >= 0.6 is 34.8 Å². The molecule has 1 heterocycles. The minimum absolute atomic E-state index is 0.0807. The van der Waals surface area contributed by atoms with Crippen molar-refractivity contribution in [3.63, 3.8) is 0 Å². The summed E-state index contributed by atoms with van der Waals surface area (Å²) in [6.07, 6.45) is 0.726. The molecule has 172 valence electrons. The van der Waals surface area contributed by atoms with Crippen molar-refractivity contribution in [3.05, 3.63) is 105 Å². The van der Waals surface area contributed by atoms with Gasteiger partial charge in [-0.2, -0.15) is 0 Å². The molecule has 3 amide bonds. The van der Waals surface area contributed by atoms with Crippen LogP contribution in [0.25, 0.3) is 0 Å². The first-order valence-corrected chi connectivity index (χ1v) is 11.4. The van der Waals surface area contributed by atoms with Crippen LogP contribution in [0.1, 0.15) is 15.9 Å². The first-order chi connectivity index (χ1) is 16.3. The number of carbonyl (C=O) groups excluding carboxylic acids is 3. The average molecular weight is 515 g/mol. The Bertz CT molecular complexity index is 1270. The first kappa shape index (κ1) is 23.8. The van der Waals surface area contributed by atoms with Crippen molar-refractivity contribution in [2.24, 2.45) is 0 Å². The van der Waals surface area contributed by atoms with Gasteiger partial charge in [0.2, 0.25) is 0 Å². The summed E-state index contributed by atoms with van der Waals surface area (Å²) in [4.78, 5) is 38.8. The molecule has 9 heteroatoms. The summed E-state index contributed by atoms with van der Waals surface area (Å²) in [6, 6.07) is 20.7. The van der Waals surface area contributed by atoms with Crippen LogP contribution in [0.15, 0.2) is 83.5 Å². The van der Waals surface area contributed by atoms with Gasteiger partial charge in [0.05, 0.1) is 5.69 Å². The number of amides is 3. The lowest BCUT2D eigenvalue weighted by Crippen LogP contribution is -2.32. The van der Waals surface area contributed by atoms with Gasteiger partial charge in [0.15, 0.2) is 0 Å². The Hall–Kier alpha value is -3.32. The molecule has 0 radical (unpaired) electrons. The zero-order chi connectivity index (χ0) is 24.2. The fourth-order valence-electron chi connectivity index (χ4n) is 3.43. The minimum Gasteiger partial charge on any atom is -0.352 e. The Kier molecular flexibility index (Phi) is 7.22. The SMILES string of the molecule is O=C(NCCc1ccccc1)c1ccc(NC2=C(Cl)C(=O)N(c3cc(Cl)cc(Cl)c3)C2=O)cc1. The van der Waals surface area contributed by atoms with Crippen molar-refractivity contribution in [2.45, 2.75) is 6.42 Å². The van der Waals surface area contributed by atoms with Crippen molar-refractivity contribution in [2.75, 3.05) is 16.8 Å². The Morgan fingerprint density at radius 2 is 1.47 bits per heavy atom. The Morgan fingerprint density at radius 1 is 0.824 bits per heavy atom. The monoisotopic (exact) mass is 513 g/mol. The van der Waals surface area contributed by atoms with Gasteiger partial charge in [-0.25, -0.2) is 4.90 Å². The van der Waals surface area contributed by atoms with E-state index < -0.39 is 11.8 Å². The Balaban J connectivity index is 1.41. The summed E-state index contributed by atoms with van der Waals surface area (Å²) in [5.41, 5.74) is 2.22. The van der Waals surface area contributed by atoms with E-state index in [9.17, 15) is 14.4 Å². The summed E-state index contributed by atoms with van der Waals surface area (Å²) in [6.45, 7) is 0.505. The maximum absolute atomic E-state index is 12.9. The quantitative estimate of drug-likeness (QED) is 0.414. The highest BCUT2D eigenvalue weighted by Crippen LogP contribution is 2.33. The molecule has 0 spiro atoms. The zero-order valence-corrected chi connectivity index (χ0v) is 19.9. The molecular weight excluding hydrogens is 497 g/mol. The van der Waals surface area contributed by atoms with Gasteiger partial charge in [-0.15, -0.1) is 0 Å². The van der Waals surface area contributed by atoms with Crippen LogP contribution < -0.4 is 15.5 Å². The third-order valence-corrected chi connectivity index (χ3v) is 5.88. The number of nitrogens with one attached hydrogen (secondary N) is 2. The molecule has 0 fully saturated rings. The number of nitrogens with zero attached hydrogens (tertiary/aromatic N) is 1. The van der Waals surface area contributed by atoms with Crippen LogP contribution in [-0.2, 0) is 16.0 Å². The second kappa shape index (κ2) is 10.3. The highest BCUT2D eigenvalue weighted by atomic mass is 35.5. The lowest BCUT2D eigenvalue weighted by atomic mass is 10.1. The van der Waals surface area contributed by atoms with E-state index in [1.165, 1.54) is 18.2 Å². The predicted octanol–water partition coefficient (Wildman–Crippen LogP) is 5.40. The molecule has 6 nitrogen and oxygen atoms in total. The topological polar surface area (TPSA) is 78.5 Å². The van der Waals surface area contributed by atoms with Crippen LogP contribution in [0.2, 0.25) is 10.0 Å². The number of carbonyl (C=O) groups is 3. The largest absolute Gasteiger partial charge is 0.352 e. The van der Waals surface area contributed by atoms with Gasteiger partial charge >= 0.3 is 0 Å². The molecule has 4 rings (SSSR count). The molecule has 0 aromatic heterocycles. The molecule has 3 aromatic rings.